The Labute approximate surface area is 222 Å². The number of hydrogen-bond donors (Lipinski definition) is 1. The van der Waals surface area contributed by atoms with Gasteiger partial charge in [0.1, 0.15) is 23.2 Å². The van der Waals surface area contributed by atoms with Gasteiger partial charge in [-0.1, -0.05) is 18.5 Å². The number of nitrogens with zero attached hydrogens (tertiary/aromatic N) is 3. The van der Waals surface area contributed by atoms with Crippen LogP contribution in [0.1, 0.15) is 23.7 Å². The molecule has 1 aromatic carbocycles. The number of amides is 2. The number of halogens is 5. The molecule has 2 aromatic heterocycles. The van der Waals surface area contributed by atoms with Gasteiger partial charge in [0.15, 0.2) is 5.65 Å². The molecular formula is C24H19ClF4N4O6. The van der Waals surface area contributed by atoms with Gasteiger partial charge in [0.05, 0.1) is 29.8 Å². The van der Waals surface area contributed by atoms with E-state index >= 15 is 0 Å². The Kier molecular flexibility index (Phi) is 7.50. The first-order valence-corrected chi connectivity index (χ1v) is 11.7. The summed E-state index contributed by atoms with van der Waals surface area (Å²) < 4.78 is 64.3. The van der Waals surface area contributed by atoms with Crippen molar-refractivity contribution < 1.29 is 41.4 Å². The summed E-state index contributed by atoms with van der Waals surface area (Å²) in [4.78, 5) is 55.6. The van der Waals surface area contributed by atoms with Crippen molar-refractivity contribution in [1.29, 1.82) is 0 Å². The predicted molar refractivity (Wildman–Crippen MR) is 130 cm³/mol. The maximum absolute atomic E-state index is 13.8. The van der Waals surface area contributed by atoms with Crippen LogP contribution in [0.4, 0.5) is 28.2 Å². The lowest BCUT2D eigenvalue weighted by molar-refractivity contribution is -0.153. The molecule has 0 unspecified atom stereocenters. The number of anilines is 1. The molecule has 39 heavy (non-hydrogen) atoms. The van der Waals surface area contributed by atoms with Crippen LogP contribution in [-0.4, -0.2) is 59.5 Å². The Hall–Kier alpha value is -4.20. The van der Waals surface area contributed by atoms with Crippen LogP contribution in [0.25, 0.3) is 16.7 Å². The zero-order valence-electron chi connectivity index (χ0n) is 20.2. The van der Waals surface area contributed by atoms with Gasteiger partial charge in [0.2, 0.25) is 11.5 Å². The molecule has 10 nitrogen and oxygen atoms in total. The minimum absolute atomic E-state index is 0.0288. The average molecular weight is 571 g/mol. The fourth-order valence-electron chi connectivity index (χ4n) is 3.92. The zero-order chi connectivity index (χ0) is 28.6. The average Bonchev–Trinajstić information content (AvgIpc) is 3.28. The van der Waals surface area contributed by atoms with Crippen molar-refractivity contribution in [3.8, 4) is 5.69 Å². The van der Waals surface area contributed by atoms with Gasteiger partial charge in [-0.3, -0.25) is 19.1 Å². The van der Waals surface area contributed by atoms with Gasteiger partial charge in [-0.2, -0.15) is 13.2 Å². The lowest BCUT2D eigenvalue weighted by atomic mass is 10.1. The molecule has 3 aromatic rings. The molecule has 1 aliphatic rings. The normalized spacial score (nSPS) is 16.2. The number of cyclic esters (lactones) is 1. The fraction of sp³-hybridized carbons (Fsp3) is 0.292. The number of nitrogens with one attached hydrogen (secondary N) is 1. The van der Waals surface area contributed by atoms with Crippen LogP contribution in [0.15, 0.2) is 41.3 Å². The van der Waals surface area contributed by atoms with Gasteiger partial charge in [0.25, 0.3) is 5.91 Å². The number of esters is 1. The van der Waals surface area contributed by atoms with Crippen molar-refractivity contribution in [2.45, 2.75) is 31.7 Å². The van der Waals surface area contributed by atoms with Crippen LogP contribution in [0.3, 0.4) is 0 Å². The van der Waals surface area contributed by atoms with Crippen molar-refractivity contribution in [3.05, 3.63) is 63.2 Å². The molecule has 206 valence electrons. The van der Waals surface area contributed by atoms with Gasteiger partial charge in [0, 0.05) is 6.20 Å². The molecule has 0 spiro atoms. The highest BCUT2D eigenvalue weighted by Crippen LogP contribution is 2.28. The lowest BCUT2D eigenvalue weighted by Gasteiger charge is -2.21. The number of aromatic nitrogens is 2. The number of benzene rings is 1. The minimum atomic E-state index is -4.76. The molecule has 1 N–H and O–H groups in total. The molecule has 0 saturated carbocycles. The summed E-state index contributed by atoms with van der Waals surface area (Å²) in [5.41, 5.74) is -1.75. The van der Waals surface area contributed by atoms with Crippen LogP contribution in [0, 0.1) is 5.82 Å². The molecule has 2 amide bonds. The summed E-state index contributed by atoms with van der Waals surface area (Å²) in [5, 5.41) is 1.42. The smallest absolute Gasteiger partial charge is 0.416 e. The van der Waals surface area contributed by atoms with Gasteiger partial charge >= 0.3 is 18.2 Å². The van der Waals surface area contributed by atoms with Crippen LogP contribution in [0.5, 0.6) is 0 Å². The van der Waals surface area contributed by atoms with E-state index in [0.717, 1.165) is 34.9 Å². The highest BCUT2D eigenvalue weighted by Gasteiger charge is 2.40. The molecule has 1 fully saturated rings. The van der Waals surface area contributed by atoms with Crippen LogP contribution in [-0.2, 0) is 14.3 Å². The first kappa shape index (κ1) is 27.8. The molecule has 0 radical (unpaired) electrons. The molecule has 3 heterocycles. The lowest BCUT2D eigenvalue weighted by Crippen LogP contribution is -2.46. The molecule has 2 atom stereocenters. The summed E-state index contributed by atoms with van der Waals surface area (Å²) in [6.45, 7) is 0.955. The molecule has 15 heteroatoms. The monoisotopic (exact) mass is 570 g/mol. The van der Waals surface area contributed by atoms with E-state index in [9.17, 15) is 36.7 Å². The van der Waals surface area contributed by atoms with Crippen molar-refractivity contribution in [3.63, 3.8) is 0 Å². The van der Waals surface area contributed by atoms with E-state index in [2.05, 4.69) is 9.72 Å². The topological polar surface area (TPSA) is 120 Å². The van der Waals surface area contributed by atoms with Crippen LogP contribution >= 0.6 is 11.6 Å². The third kappa shape index (κ3) is 5.37. The second kappa shape index (κ2) is 10.5. The van der Waals surface area contributed by atoms with Crippen LogP contribution in [0.2, 0.25) is 5.02 Å². The van der Waals surface area contributed by atoms with E-state index in [1.807, 2.05) is 5.32 Å². The van der Waals surface area contributed by atoms with E-state index in [1.165, 1.54) is 25.1 Å². The number of rotatable bonds is 6. The Morgan fingerprint density at radius 3 is 2.59 bits per heavy atom. The predicted octanol–water partition coefficient (Wildman–Crippen LogP) is 3.75. The van der Waals surface area contributed by atoms with Gasteiger partial charge in [-0.25, -0.2) is 19.0 Å². The SMILES string of the molecule is CC[C@H](NC(=O)c1cn(-c2ccc(F)cc2Cl)c2nc(N3C[C@H](C(=O)OC)OC3=O)ccc2c1=O)C(F)(F)F. The number of carbonyl (C=O) groups is 3. The van der Waals surface area contributed by atoms with E-state index < -0.39 is 59.5 Å². The highest BCUT2D eigenvalue weighted by molar-refractivity contribution is 6.32. The summed E-state index contributed by atoms with van der Waals surface area (Å²) in [6.07, 6.45) is -6.48. The second-order valence-corrected chi connectivity index (χ2v) is 8.77. The van der Waals surface area contributed by atoms with Gasteiger partial charge in [-0.15, -0.1) is 0 Å². The molecule has 0 bridgehead atoms. The van der Waals surface area contributed by atoms with Gasteiger partial charge in [-0.05, 0) is 36.8 Å². The molecule has 0 aliphatic carbocycles. The minimum Gasteiger partial charge on any atom is -0.466 e. The number of fused-ring (bicyclic) bond motifs is 1. The van der Waals surface area contributed by atoms with Crippen molar-refractivity contribution >= 4 is 46.4 Å². The quantitative estimate of drug-likeness (QED) is 0.354. The van der Waals surface area contributed by atoms with E-state index in [4.69, 9.17) is 16.3 Å². The third-order valence-corrected chi connectivity index (χ3v) is 6.21. The molecule has 1 saturated heterocycles. The summed E-state index contributed by atoms with van der Waals surface area (Å²) >= 11 is 6.21. The molecular weight excluding hydrogens is 552 g/mol. The van der Waals surface area contributed by atoms with E-state index in [0.29, 0.717) is 0 Å². The standard InChI is InChI=1S/C24H19ClF4N4O6/c1-3-17(24(27,28)29)30-21(35)13-9-32(15-6-4-11(26)8-14(15)25)20-12(19(13)34)5-7-18(31-20)33-10-16(22(36)38-2)39-23(33)37/h4-9,16-17H,3,10H2,1-2H3,(H,30,35)/t16-,17+/m1/s1. The molecule has 1 aliphatic heterocycles. The summed E-state index contributed by atoms with van der Waals surface area (Å²) in [7, 11) is 1.11. The van der Waals surface area contributed by atoms with E-state index in [-0.39, 0.29) is 34.1 Å². The zero-order valence-corrected chi connectivity index (χ0v) is 21.0. The fourth-order valence-corrected chi connectivity index (χ4v) is 4.18. The number of ether oxygens (including phenoxy) is 2. The number of hydrogen-bond acceptors (Lipinski definition) is 7. The number of pyridine rings is 2. The Morgan fingerprint density at radius 2 is 1.97 bits per heavy atom. The van der Waals surface area contributed by atoms with Gasteiger partial charge < -0.3 is 14.8 Å². The largest absolute Gasteiger partial charge is 0.466 e. The maximum atomic E-state index is 13.8. The number of carbonyl (C=O) groups excluding carboxylic acids is 3. The summed E-state index contributed by atoms with van der Waals surface area (Å²) in [5.74, 6) is -2.87. The first-order valence-electron chi connectivity index (χ1n) is 11.3. The Balaban J connectivity index is 1.89. The first-order chi connectivity index (χ1) is 18.3. The Bertz CT molecular complexity index is 1540. The number of alkyl halides is 3. The van der Waals surface area contributed by atoms with Crippen molar-refractivity contribution in [2.75, 3.05) is 18.6 Å². The van der Waals surface area contributed by atoms with Crippen LogP contribution < -0.4 is 15.6 Å². The Morgan fingerprint density at radius 1 is 1.26 bits per heavy atom. The van der Waals surface area contributed by atoms with Crippen molar-refractivity contribution in [1.82, 2.24) is 14.9 Å². The second-order valence-electron chi connectivity index (χ2n) is 8.36. The summed E-state index contributed by atoms with van der Waals surface area (Å²) in [6, 6.07) is 3.40. The molecule has 4 rings (SSSR count). The maximum Gasteiger partial charge on any atom is 0.416 e. The highest BCUT2D eigenvalue weighted by atomic mass is 35.5. The third-order valence-electron chi connectivity index (χ3n) is 5.91. The number of methoxy groups -OCH3 is 1. The van der Waals surface area contributed by atoms with E-state index in [1.54, 1.807) is 0 Å². The van der Waals surface area contributed by atoms with Crippen molar-refractivity contribution in [2.24, 2.45) is 0 Å².